The molecule has 1 aromatic carbocycles. The molecule has 0 bridgehead atoms. The highest BCUT2D eigenvalue weighted by Gasteiger charge is 2.08. The third kappa shape index (κ3) is 2.17. The highest BCUT2D eigenvalue weighted by atomic mass is 16.5. The molecule has 4 nitrogen and oxygen atoms in total. The summed E-state index contributed by atoms with van der Waals surface area (Å²) in [6.45, 7) is 2.46. The number of hydrogen-bond donors (Lipinski definition) is 1. The van der Waals surface area contributed by atoms with Crippen molar-refractivity contribution >= 4 is 16.6 Å². The van der Waals surface area contributed by atoms with Crippen LogP contribution in [0.4, 0.5) is 5.69 Å². The van der Waals surface area contributed by atoms with Gasteiger partial charge in [0.2, 0.25) is 0 Å². The lowest BCUT2D eigenvalue weighted by Gasteiger charge is -2.10. The molecule has 0 spiro atoms. The molecule has 0 amide bonds. The molecule has 0 radical (unpaired) electrons. The zero-order valence-electron chi connectivity index (χ0n) is 10.3. The van der Waals surface area contributed by atoms with E-state index in [0.29, 0.717) is 12.3 Å². The van der Waals surface area contributed by atoms with Crippen LogP contribution in [0.25, 0.3) is 10.9 Å². The molecular formula is C13H16N2O2. The van der Waals surface area contributed by atoms with Gasteiger partial charge >= 0.3 is 0 Å². The highest BCUT2D eigenvalue weighted by Crippen LogP contribution is 2.28. The van der Waals surface area contributed by atoms with Gasteiger partial charge in [0, 0.05) is 18.2 Å². The van der Waals surface area contributed by atoms with Gasteiger partial charge in [0.1, 0.15) is 5.75 Å². The van der Waals surface area contributed by atoms with Crippen LogP contribution in [0.5, 0.6) is 5.75 Å². The third-order valence-corrected chi connectivity index (χ3v) is 2.69. The standard InChI is InChI=1S/C13H16N2O2/c1-8-4-10(17-3)6-11-12(14)5-9(7-16-2)15-13(8)11/h4-6H,7H2,1-3H3,(H2,14,15). The molecular weight excluding hydrogens is 216 g/mol. The Balaban J connectivity index is 2.67. The lowest BCUT2D eigenvalue weighted by molar-refractivity contribution is 0.182. The summed E-state index contributed by atoms with van der Waals surface area (Å²) in [4.78, 5) is 4.54. The second-order valence-corrected chi connectivity index (χ2v) is 3.98. The first-order valence-corrected chi connectivity index (χ1v) is 5.38. The number of methoxy groups -OCH3 is 2. The molecule has 0 atom stereocenters. The minimum Gasteiger partial charge on any atom is -0.497 e. The Labute approximate surface area is 100 Å². The van der Waals surface area contributed by atoms with Gasteiger partial charge < -0.3 is 15.2 Å². The van der Waals surface area contributed by atoms with E-state index in [1.54, 1.807) is 14.2 Å². The van der Waals surface area contributed by atoms with Crippen molar-refractivity contribution in [1.29, 1.82) is 0 Å². The van der Waals surface area contributed by atoms with Gasteiger partial charge in [-0.05, 0) is 30.7 Å². The van der Waals surface area contributed by atoms with Gasteiger partial charge in [0.15, 0.2) is 0 Å². The maximum absolute atomic E-state index is 6.03. The van der Waals surface area contributed by atoms with Crippen LogP contribution in [0.15, 0.2) is 18.2 Å². The number of rotatable bonds is 3. The van der Waals surface area contributed by atoms with Crippen molar-refractivity contribution < 1.29 is 9.47 Å². The van der Waals surface area contributed by atoms with E-state index in [9.17, 15) is 0 Å². The van der Waals surface area contributed by atoms with Crippen LogP contribution in [0, 0.1) is 6.92 Å². The smallest absolute Gasteiger partial charge is 0.119 e. The fourth-order valence-corrected chi connectivity index (χ4v) is 1.89. The summed E-state index contributed by atoms with van der Waals surface area (Å²) in [5.41, 5.74) is 9.51. The average molecular weight is 232 g/mol. The van der Waals surface area contributed by atoms with Gasteiger partial charge in [0.05, 0.1) is 24.9 Å². The van der Waals surface area contributed by atoms with Crippen molar-refractivity contribution in [2.24, 2.45) is 0 Å². The Morgan fingerprint density at radius 3 is 2.65 bits per heavy atom. The van der Waals surface area contributed by atoms with Gasteiger partial charge in [-0.15, -0.1) is 0 Å². The summed E-state index contributed by atoms with van der Waals surface area (Å²) in [7, 11) is 3.28. The van der Waals surface area contributed by atoms with Crippen molar-refractivity contribution in [2.45, 2.75) is 13.5 Å². The molecule has 1 aromatic heterocycles. The van der Waals surface area contributed by atoms with E-state index >= 15 is 0 Å². The number of benzene rings is 1. The van der Waals surface area contributed by atoms with Crippen LogP contribution in [0.1, 0.15) is 11.3 Å². The number of nitrogen functional groups attached to an aromatic ring is 1. The highest BCUT2D eigenvalue weighted by molar-refractivity contribution is 5.93. The molecule has 0 saturated heterocycles. The lowest BCUT2D eigenvalue weighted by Crippen LogP contribution is -1.99. The van der Waals surface area contributed by atoms with E-state index in [-0.39, 0.29) is 0 Å². The molecule has 0 fully saturated rings. The fourth-order valence-electron chi connectivity index (χ4n) is 1.89. The molecule has 2 rings (SSSR count). The zero-order chi connectivity index (χ0) is 12.4. The third-order valence-electron chi connectivity index (χ3n) is 2.69. The van der Waals surface area contributed by atoms with Gasteiger partial charge in [-0.25, -0.2) is 4.98 Å². The van der Waals surface area contributed by atoms with Crippen LogP contribution in [0.2, 0.25) is 0 Å². The predicted octanol–water partition coefficient (Wildman–Crippen LogP) is 2.28. The van der Waals surface area contributed by atoms with E-state index in [0.717, 1.165) is 27.9 Å². The van der Waals surface area contributed by atoms with Crippen LogP contribution < -0.4 is 10.5 Å². The van der Waals surface area contributed by atoms with E-state index in [1.165, 1.54) is 0 Å². The predicted molar refractivity (Wildman–Crippen MR) is 68.2 cm³/mol. The molecule has 17 heavy (non-hydrogen) atoms. The topological polar surface area (TPSA) is 57.4 Å². The quantitative estimate of drug-likeness (QED) is 0.882. The first-order chi connectivity index (χ1) is 8.15. The summed E-state index contributed by atoms with van der Waals surface area (Å²) < 4.78 is 10.3. The van der Waals surface area contributed by atoms with E-state index in [4.69, 9.17) is 15.2 Å². The Morgan fingerprint density at radius 2 is 2.00 bits per heavy atom. The molecule has 0 unspecified atom stereocenters. The van der Waals surface area contributed by atoms with E-state index in [2.05, 4.69) is 4.98 Å². The van der Waals surface area contributed by atoms with Crippen LogP contribution in [0.3, 0.4) is 0 Å². The number of fused-ring (bicyclic) bond motifs is 1. The number of nitrogens with zero attached hydrogens (tertiary/aromatic N) is 1. The Bertz CT molecular complexity index is 553. The minimum absolute atomic E-state index is 0.464. The number of pyridine rings is 1. The number of nitrogens with two attached hydrogens (primary N) is 1. The van der Waals surface area contributed by atoms with E-state index in [1.807, 2.05) is 25.1 Å². The van der Waals surface area contributed by atoms with Gasteiger partial charge in [0.25, 0.3) is 0 Å². The first kappa shape index (κ1) is 11.7. The number of ether oxygens (including phenoxy) is 2. The normalized spacial score (nSPS) is 10.8. The molecule has 0 aliphatic rings. The molecule has 0 aliphatic heterocycles. The Morgan fingerprint density at radius 1 is 1.24 bits per heavy atom. The molecule has 2 N–H and O–H groups in total. The Kier molecular flexibility index (Phi) is 3.15. The van der Waals surface area contributed by atoms with Gasteiger partial charge in [-0.1, -0.05) is 0 Å². The molecule has 90 valence electrons. The second kappa shape index (κ2) is 4.59. The van der Waals surface area contributed by atoms with Gasteiger partial charge in [-0.3, -0.25) is 0 Å². The van der Waals surface area contributed by atoms with Crippen molar-refractivity contribution in [2.75, 3.05) is 20.0 Å². The maximum Gasteiger partial charge on any atom is 0.119 e. The minimum atomic E-state index is 0.464. The van der Waals surface area contributed by atoms with Crippen LogP contribution >= 0.6 is 0 Å². The largest absolute Gasteiger partial charge is 0.497 e. The molecule has 4 heteroatoms. The molecule has 0 aliphatic carbocycles. The van der Waals surface area contributed by atoms with Crippen LogP contribution in [-0.4, -0.2) is 19.2 Å². The van der Waals surface area contributed by atoms with Crippen molar-refractivity contribution in [1.82, 2.24) is 4.98 Å². The molecule has 0 saturated carbocycles. The maximum atomic E-state index is 6.03. The van der Waals surface area contributed by atoms with Crippen LogP contribution in [-0.2, 0) is 11.3 Å². The van der Waals surface area contributed by atoms with Crippen molar-refractivity contribution in [3.8, 4) is 5.75 Å². The summed E-state index contributed by atoms with van der Waals surface area (Å²) in [6.07, 6.45) is 0. The number of anilines is 1. The first-order valence-electron chi connectivity index (χ1n) is 5.38. The Hall–Kier alpha value is -1.81. The average Bonchev–Trinajstić information content (AvgIpc) is 2.30. The summed E-state index contributed by atoms with van der Waals surface area (Å²) in [6, 6.07) is 5.69. The number of hydrogen-bond acceptors (Lipinski definition) is 4. The van der Waals surface area contributed by atoms with Crippen molar-refractivity contribution in [3.05, 3.63) is 29.5 Å². The van der Waals surface area contributed by atoms with Gasteiger partial charge in [-0.2, -0.15) is 0 Å². The lowest BCUT2D eigenvalue weighted by atomic mass is 10.1. The van der Waals surface area contributed by atoms with Crippen molar-refractivity contribution in [3.63, 3.8) is 0 Å². The number of aryl methyl sites for hydroxylation is 1. The molecule has 1 heterocycles. The summed E-state index contributed by atoms with van der Waals surface area (Å²) >= 11 is 0. The monoisotopic (exact) mass is 232 g/mol. The summed E-state index contributed by atoms with van der Waals surface area (Å²) in [5, 5.41) is 0.918. The zero-order valence-corrected chi connectivity index (χ0v) is 10.3. The second-order valence-electron chi connectivity index (χ2n) is 3.98. The number of aromatic nitrogens is 1. The fraction of sp³-hybridized carbons (Fsp3) is 0.308. The van der Waals surface area contributed by atoms with E-state index < -0.39 is 0 Å². The molecule has 2 aromatic rings. The SMILES string of the molecule is COCc1cc(N)c2cc(OC)cc(C)c2n1. The summed E-state index contributed by atoms with van der Waals surface area (Å²) in [5.74, 6) is 0.794.